The molecule has 1 aromatic heterocycles. The third-order valence-electron chi connectivity index (χ3n) is 0.303. The summed E-state index contributed by atoms with van der Waals surface area (Å²) in [7, 11) is 0. The Labute approximate surface area is 60.4 Å². The van der Waals surface area contributed by atoms with E-state index in [0.29, 0.717) is 0 Å². The average molecular weight is 157 g/mol. The van der Waals surface area contributed by atoms with Crippen molar-refractivity contribution in [1.29, 1.82) is 0 Å². The Balaban J connectivity index is 0.000000250. The smallest absolute Gasteiger partial charge is 0.0215 e. The summed E-state index contributed by atoms with van der Waals surface area (Å²) in [4.78, 5) is 0. The first-order chi connectivity index (χ1) is 2.50. The third kappa shape index (κ3) is 1.62. The molecule has 4 heteroatoms. The fourth-order valence-electron chi connectivity index (χ4n) is 0.149. The molecule has 1 aromatic rings. The van der Waals surface area contributed by atoms with Crippen molar-refractivity contribution in [3.8, 4) is 0 Å². The molecular formula is C2H2N3Y-. The van der Waals surface area contributed by atoms with Gasteiger partial charge < -0.3 is 15.4 Å². The molecule has 0 amide bonds. The van der Waals surface area contributed by atoms with Gasteiger partial charge in [-0.3, -0.25) is 0 Å². The number of hydrogen-bond donors (Lipinski definition) is 0. The van der Waals surface area contributed by atoms with Gasteiger partial charge in [-0.1, -0.05) is 0 Å². The molecule has 0 aromatic carbocycles. The standard InChI is InChI=1S/C2H2N3.Y/c1-2-4-5-3-1;/h1-2H;/q-1;. The fourth-order valence-corrected chi connectivity index (χ4v) is 0.149. The SMILES string of the molecule is [Y].c1cn[n-]n1. The molecule has 0 saturated carbocycles. The van der Waals surface area contributed by atoms with Gasteiger partial charge in [0.25, 0.3) is 0 Å². The molecule has 0 aliphatic rings. The van der Waals surface area contributed by atoms with E-state index in [4.69, 9.17) is 0 Å². The van der Waals surface area contributed by atoms with E-state index in [1.165, 1.54) is 12.4 Å². The first-order valence-electron chi connectivity index (χ1n) is 1.25. The van der Waals surface area contributed by atoms with Gasteiger partial charge in [0.05, 0.1) is 0 Å². The van der Waals surface area contributed by atoms with Crippen molar-refractivity contribution >= 4 is 0 Å². The molecule has 0 saturated heterocycles. The fraction of sp³-hybridized carbons (Fsp3) is 0. The predicted molar refractivity (Wildman–Crippen MR) is 15.4 cm³/mol. The maximum absolute atomic E-state index is 3.36. The zero-order valence-electron chi connectivity index (χ0n) is 3.07. The summed E-state index contributed by atoms with van der Waals surface area (Å²) in [6.07, 6.45) is 3.06. The van der Waals surface area contributed by atoms with Crippen molar-refractivity contribution in [2.24, 2.45) is 0 Å². The minimum Gasteiger partial charge on any atom is -0.493 e. The van der Waals surface area contributed by atoms with E-state index in [-0.39, 0.29) is 32.7 Å². The summed E-state index contributed by atoms with van der Waals surface area (Å²) >= 11 is 0. The normalized spacial score (nSPS) is 6.67. The van der Waals surface area contributed by atoms with E-state index in [1.54, 1.807) is 0 Å². The largest absolute Gasteiger partial charge is 0.493 e. The molecule has 6 heavy (non-hydrogen) atoms. The maximum atomic E-state index is 3.36. The van der Waals surface area contributed by atoms with Crippen LogP contribution in [-0.2, 0) is 32.7 Å². The van der Waals surface area contributed by atoms with Gasteiger partial charge in [-0.05, 0) is 0 Å². The summed E-state index contributed by atoms with van der Waals surface area (Å²) < 4.78 is 0. The predicted octanol–water partition coefficient (Wildman–Crippen LogP) is -0.569. The van der Waals surface area contributed by atoms with Crippen molar-refractivity contribution in [2.45, 2.75) is 0 Å². The Morgan fingerprint density at radius 1 is 1.17 bits per heavy atom. The second kappa shape index (κ2) is 3.43. The van der Waals surface area contributed by atoms with E-state index in [9.17, 15) is 0 Å². The van der Waals surface area contributed by atoms with Crippen LogP contribution in [0.25, 0.3) is 0 Å². The van der Waals surface area contributed by atoms with Crippen LogP contribution < -0.4 is 5.21 Å². The van der Waals surface area contributed by atoms with Gasteiger partial charge in [-0.15, -0.1) is 0 Å². The van der Waals surface area contributed by atoms with E-state index in [0.717, 1.165) is 0 Å². The summed E-state index contributed by atoms with van der Waals surface area (Å²) in [5, 5.41) is 9.94. The van der Waals surface area contributed by atoms with E-state index in [2.05, 4.69) is 15.4 Å². The van der Waals surface area contributed by atoms with Crippen LogP contribution in [0.15, 0.2) is 12.4 Å². The van der Waals surface area contributed by atoms with Crippen LogP contribution in [0.1, 0.15) is 0 Å². The summed E-state index contributed by atoms with van der Waals surface area (Å²) in [6.45, 7) is 0. The zero-order valence-corrected chi connectivity index (χ0v) is 5.91. The van der Waals surface area contributed by atoms with Gasteiger partial charge in [0.2, 0.25) is 0 Å². The number of nitrogens with zero attached hydrogens (tertiary/aromatic N) is 3. The van der Waals surface area contributed by atoms with Crippen LogP contribution >= 0.6 is 0 Å². The molecule has 0 aliphatic carbocycles. The Kier molecular flexibility index (Phi) is 3.57. The Bertz CT molecular complexity index is 65.3. The van der Waals surface area contributed by atoms with Crippen LogP contribution in [-0.4, -0.2) is 10.2 Å². The van der Waals surface area contributed by atoms with Crippen molar-refractivity contribution < 1.29 is 32.7 Å². The van der Waals surface area contributed by atoms with Gasteiger partial charge in [0.1, 0.15) is 0 Å². The van der Waals surface area contributed by atoms with Crippen molar-refractivity contribution in [3.63, 3.8) is 0 Å². The third-order valence-corrected chi connectivity index (χ3v) is 0.303. The van der Waals surface area contributed by atoms with Crippen molar-refractivity contribution in [2.75, 3.05) is 0 Å². The monoisotopic (exact) mass is 157 g/mol. The number of hydrogen-bond acceptors (Lipinski definition) is 2. The quantitative estimate of drug-likeness (QED) is 0.506. The Morgan fingerprint density at radius 3 is 1.83 bits per heavy atom. The molecule has 0 N–H and O–H groups in total. The van der Waals surface area contributed by atoms with Gasteiger partial charge >= 0.3 is 0 Å². The second-order valence-corrected chi connectivity index (χ2v) is 0.619. The number of aromatic nitrogens is 3. The van der Waals surface area contributed by atoms with Crippen LogP contribution in [0, 0.1) is 0 Å². The van der Waals surface area contributed by atoms with E-state index in [1.807, 2.05) is 0 Å². The van der Waals surface area contributed by atoms with Crippen molar-refractivity contribution in [1.82, 2.24) is 15.4 Å². The Hall–Kier alpha value is 0.244. The molecule has 0 unspecified atom stereocenters. The maximum Gasteiger partial charge on any atom is 0.0215 e. The minimum atomic E-state index is 0. The summed E-state index contributed by atoms with van der Waals surface area (Å²) in [5.74, 6) is 0. The zero-order chi connectivity index (χ0) is 3.54. The van der Waals surface area contributed by atoms with Crippen LogP contribution in [0.4, 0.5) is 0 Å². The van der Waals surface area contributed by atoms with E-state index < -0.39 is 0 Å². The Morgan fingerprint density at radius 2 is 1.67 bits per heavy atom. The van der Waals surface area contributed by atoms with Crippen LogP contribution in [0.5, 0.6) is 0 Å². The van der Waals surface area contributed by atoms with Gasteiger partial charge in [-0.25, -0.2) is 0 Å². The minimum absolute atomic E-state index is 0. The van der Waals surface area contributed by atoms with Gasteiger partial charge in [0.15, 0.2) is 0 Å². The van der Waals surface area contributed by atoms with Crippen molar-refractivity contribution in [3.05, 3.63) is 12.4 Å². The van der Waals surface area contributed by atoms with E-state index >= 15 is 0 Å². The molecule has 0 spiro atoms. The second-order valence-electron chi connectivity index (χ2n) is 0.619. The molecule has 0 atom stereocenters. The molecule has 1 heterocycles. The van der Waals surface area contributed by atoms with Gasteiger partial charge in [0, 0.05) is 45.1 Å². The molecule has 0 aliphatic heterocycles. The molecule has 29 valence electrons. The molecule has 1 radical (unpaired) electrons. The topological polar surface area (TPSA) is 39.9 Å². The number of rotatable bonds is 0. The molecule has 1 rings (SSSR count). The summed E-state index contributed by atoms with van der Waals surface area (Å²) in [6, 6.07) is 0. The first-order valence-corrected chi connectivity index (χ1v) is 1.25. The first kappa shape index (κ1) is 6.24. The summed E-state index contributed by atoms with van der Waals surface area (Å²) in [5.41, 5.74) is 0. The molecular weight excluding hydrogens is 155 g/mol. The molecule has 0 fully saturated rings. The molecule has 3 nitrogen and oxygen atoms in total. The van der Waals surface area contributed by atoms with Crippen LogP contribution in [0.3, 0.4) is 0 Å². The van der Waals surface area contributed by atoms with Crippen LogP contribution in [0.2, 0.25) is 0 Å². The molecule has 0 bridgehead atoms. The average Bonchev–Trinajstić information content (AvgIpc) is 1.76. The van der Waals surface area contributed by atoms with Gasteiger partial charge in [-0.2, -0.15) is 0 Å².